The van der Waals surface area contributed by atoms with Crippen LogP contribution in [0.25, 0.3) is 0 Å². The quantitative estimate of drug-likeness (QED) is 0.205. The van der Waals surface area contributed by atoms with Crippen LogP contribution in [0.1, 0.15) is 58.8 Å². The molecule has 2 unspecified atom stereocenters. The highest BCUT2D eigenvalue weighted by atomic mass is 16.5. The fraction of sp³-hybridized carbons (Fsp3) is 0.781. The first-order chi connectivity index (χ1) is 20.3. The molecule has 4 fully saturated rings. The number of aliphatic hydroxyl groups excluding tert-OH is 1. The first-order valence-electron chi connectivity index (χ1n) is 16.0. The van der Waals surface area contributed by atoms with Gasteiger partial charge in [0.15, 0.2) is 0 Å². The van der Waals surface area contributed by atoms with E-state index in [4.69, 9.17) is 9.47 Å². The molecule has 2 bridgehead atoms. The van der Waals surface area contributed by atoms with Crippen LogP contribution in [0.4, 0.5) is 0 Å². The van der Waals surface area contributed by atoms with E-state index in [1.807, 2.05) is 18.7 Å². The van der Waals surface area contributed by atoms with E-state index in [1.54, 1.807) is 22.0 Å². The van der Waals surface area contributed by atoms with Crippen molar-refractivity contribution in [2.45, 2.75) is 76.0 Å². The zero-order valence-corrected chi connectivity index (χ0v) is 25.8. The summed E-state index contributed by atoms with van der Waals surface area (Å²) in [5.41, 5.74) is -1.80. The molecule has 4 aliphatic heterocycles. The van der Waals surface area contributed by atoms with Crippen molar-refractivity contribution in [1.82, 2.24) is 19.6 Å². The van der Waals surface area contributed by atoms with Gasteiger partial charge in [-0.25, -0.2) is 0 Å². The third-order valence-electron chi connectivity index (χ3n) is 9.84. The number of nitrogens with zero attached hydrogens (tertiary/aromatic N) is 4. The standard InChI is InChI=1S/C32H52N4O6/c1-5-14-34(15-6-2)28(38)25-26-29(39)36(17-10-9-11-22-37)27(32(26)13-12-31(25,8-4)42-32)30(40)35(16-7-3)19-18-33-20-23-41-24-21-33/h5,7,25-27,37H,1,3,6,8-24H2,2,4H3/t25-,26-,27?,31+,32?/m0/s1. The van der Waals surface area contributed by atoms with Gasteiger partial charge in [-0.1, -0.05) is 26.0 Å². The number of ether oxygens (including phenoxy) is 2. The maximum Gasteiger partial charge on any atom is 0.248 e. The predicted molar refractivity (Wildman–Crippen MR) is 161 cm³/mol. The van der Waals surface area contributed by atoms with Crippen LogP contribution in [0.3, 0.4) is 0 Å². The third kappa shape index (κ3) is 6.05. The minimum Gasteiger partial charge on any atom is -0.396 e. The summed E-state index contributed by atoms with van der Waals surface area (Å²) in [5, 5.41) is 9.32. The van der Waals surface area contributed by atoms with Gasteiger partial charge >= 0.3 is 0 Å². The largest absolute Gasteiger partial charge is 0.396 e. The highest BCUT2D eigenvalue weighted by Gasteiger charge is 2.78. The highest BCUT2D eigenvalue weighted by molar-refractivity contribution is 5.99. The van der Waals surface area contributed by atoms with E-state index >= 15 is 0 Å². The average molecular weight is 589 g/mol. The van der Waals surface area contributed by atoms with Crippen LogP contribution in [-0.4, -0.2) is 132 Å². The average Bonchev–Trinajstić information content (AvgIpc) is 3.60. The van der Waals surface area contributed by atoms with Crippen LogP contribution < -0.4 is 0 Å². The van der Waals surface area contributed by atoms with Gasteiger partial charge in [0.05, 0.1) is 30.7 Å². The van der Waals surface area contributed by atoms with Crippen molar-refractivity contribution in [2.24, 2.45) is 11.8 Å². The molecule has 10 nitrogen and oxygen atoms in total. The van der Waals surface area contributed by atoms with Crippen molar-refractivity contribution in [3.8, 4) is 0 Å². The first-order valence-corrected chi connectivity index (χ1v) is 16.0. The van der Waals surface area contributed by atoms with E-state index < -0.39 is 29.1 Å². The lowest BCUT2D eigenvalue weighted by molar-refractivity contribution is -0.155. The van der Waals surface area contributed by atoms with Gasteiger partial charge in [0.25, 0.3) is 0 Å². The van der Waals surface area contributed by atoms with Gasteiger partial charge in [0.2, 0.25) is 17.7 Å². The van der Waals surface area contributed by atoms with Crippen LogP contribution in [0.2, 0.25) is 0 Å². The predicted octanol–water partition coefficient (Wildman–Crippen LogP) is 2.08. The number of unbranched alkanes of at least 4 members (excludes halogenated alkanes) is 2. The molecule has 4 rings (SSSR count). The molecule has 0 aliphatic carbocycles. The molecule has 0 radical (unpaired) electrons. The Balaban J connectivity index is 1.69. The molecule has 42 heavy (non-hydrogen) atoms. The van der Waals surface area contributed by atoms with Gasteiger partial charge in [-0.2, -0.15) is 0 Å². The molecule has 236 valence electrons. The maximum atomic E-state index is 14.6. The molecule has 5 atom stereocenters. The summed E-state index contributed by atoms with van der Waals surface area (Å²) >= 11 is 0. The molecule has 0 aromatic heterocycles. The summed E-state index contributed by atoms with van der Waals surface area (Å²) in [6, 6.07) is -0.793. The van der Waals surface area contributed by atoms with E-state index in [-0.39, 0.29) is 24.3 Å². The molecule has 0 aromatic rings. The lowest BCUT2D eigenvalue weighted by Gasteiger charge is -2.37. The Labute approximate surface area is 251 Å². The summed E-state index contributed by atoms with van der Waals surface area (Å²) in [7, 11) is 0. The van der Waals surface area contributed by atoms with Crippen molar-refractivity contribution < 1.29 is 29.0 Å². The summed E-state index contributed by atoms with van der Waals surface area (Å²) in [5.74, 6) is -1.67. The van der Waals surface area contributed by atoms with Crippen molar-refractivity contribution in [1.29, 1.82) is 0 Å². The summed E-state index contributed by atoms with van der Waals surface area (Å²) in [6.45, 7) is 17.9. The minimum absolute atomic E-state index is 0.0675. The van der Waals surface area contributed by atoms with E-state index in [0.29, 0.717) is 84.6 Å². The zero-order chi connectivity index (χ0) is 30.3. The number of likely N-dealkylation sites (tertiary alicyclic amines) is 1. The lowest BCUT2D eigenvalue weighted by Crippen LogP contribution is -2.57. The number of aliphatic hydroxyl groups is 1. The van der Waals surface area contributed by atoms with E-state index in [1.165, 1.54) is 0 Å². The van der Waals surface area contributed by atoms with Gasteiger partial charge in [-0.05, 0) is 44.9 Å². The number of hydrogen-bond donors (Lipinski definition) is 1. The molecular formula is C32H52N4O6. The van der Waals surface area contributed by atoms with Crippen LogP contribution in [0, 0.1) is 11.8 Å². The molecule has 1 spiro atoms. The normalized spacial score (nSPS) is 30.4. The lowest BCUT2D eigenvalue weighted by atomic mass is 9.64. The highest BCUT2D eigenvalue weighted by Crippen LogP contribution is 2.64. The van der Waals surface area contributed by atoms with E-state index in [2.05, 4.69) is 18.1 Å². The smallest absolute Gasteiger partial charge is 0.248 e. The molecule has 10 heteroatoms. The van der Waals surface area contributed by atoms with Crippen molar-refractivity contribution >= 4 is 17.7 Å². The molecule has 1 N–H and O–H groups in total. The van der Waals surface area contributed by atoms with Gasteiger partial charge in [-0.15, -0.1) is 13.2 Å². The summed E-state index contributed by atoms with van der Waals surface area (Å²) < 4.78 is 12.5. The summed E-state index contributed by atoms with van der Waals surface area (Å²) in [4.78, 5) is 50.9. The fourth-order valence-electron chi connectivity index (χ4n) is 7.80. The van der Waals surface area contributed by atoms with E-state index in [0.717, 1.165) is 25.9 Å². The van der Waals surface area contributed by atoms with Gasteiger partial charge in [0.1, 0.15) is 11.6 Å². The van der Waals surface area contributed by atoms with Crippen molar-refractivity contribution in [3.63, 3.8) is 0 Å². The number of hydrogen-bond acceptors (Lipinski definition) is 7. The first kappa shape index (κ1) is 32.6. The minimum atomic E-state index is -1.04. The number of fused-ring (bicyclic) bond motifs is 1. The molecule has 4 saturated heterocycles. The zero-order valence-electron chi connectivity index (χ0n) is 25.8. The number of amides is 3. The van der Waals surface area contributed by atoms with Crippen molar-refractivity contribution in [2.75, 3.05) is 72.2 Å². The second-order valence-electron chi connectivity index (χ2n) is 12.2. The van der Waals surface area contributed by atoms with Crippen LogP contribution in [0.15, 0.2) is 25.3 Å². The van der Waals surface area contributed by atoms with Gasteiger partial charge < -0.3 is 29.3 Å². The van der Waals surface area contributed by atoms with Crippen LogP contribution in [0.5, 0.6) is 0 Å². The number of morpholine rings is 1. The Hall–Kier alpha value is -2.27. The second-order valence-corrected chi connectivity index (χ2v) is 12.2. The number of carbonyl (C=O) groups is 3. The molecular weight excluding hydrogens is 536 g/mol. The third-order valence-corrected chi connectivity index (χ3v) is 9.84. The SMILES string of the molecule is C=CCN(CCN1CCOCC1)C(=O)C1N(CCCCCO)C(=O)[C@@H]2[C@@H](C(=O)N(CC=C)CCC)[C@@]3(CC)CCC12O3. The Bertz CT molecular complexity index is 986. The van der Waals surface area contributed by atoms with Crippen molar-refractivity contribution in [3.05, 3.63) is 25.3 Å². The second kappa shape index (κ2) is 14.5. The number of rotatable bonds is 17. The van der Waals surface area contributed by atoms with Gasteiger partial charge in [0, 0.05) is 59.0 Å². The fourth-order valence-corrected chi connectivity index (χ4v) is 7.80. The Morgan fingerprint density at radius 1 is 1.00 bits per heavy atom. The Morgan fingerprint density at radius 3 is 2.31 bits per heavy atom. The molecule has 0 saturated carbocycles. The van der Waals surface area contributed by atoms with Gasteiger partial charge in [-0.3, -0.25) is 19.3 Å². The Kier molecular flexibility index (Phi) is 11.2. The maximum absolute atomic E-state index is 14.6. The topological polar surface area (TPSA) is 103 Å². The molecule has 3 amide bonds. The summed E-state index contributed by atoms with van der Waals surface area (Å²) in [6.07, 6.45) is 8.15. The molecule has 4 aliphatic rings. The van der Waals surface area contributed by atoms with E-state index in [9.17, 15) is 19.5 Å². The molecule has 4 heterocycles. The Morgan fingerprint density at radius 2 is 1.69 bits per heavy atom. The van der Waals surface area contributed by atoms with Crippen LogP contribution >= 0.6 is 0 Å². The monoisotopic (exact) mass is 588 g/mol. The molecule has 0 aromatic carbocycles. The number of carbonyl (C=O) groups excluding carboxylic acids is 3. The van der Waals surface area contributed by atoms with Crippen LogP contribution in [-0.2, 0) is 23.9 Å².